The second-order valence-electron chi connectivity index (χ2n) is 12.1. The Morgan fingerprint density at radius 3 is 1.93 bits per heavy atom. The van der Waals surface area contributed by atoms with Gasteiger partial charge in [0.05, 0.1) is 10.6 Å². The molecule has 46 heavy (non-hydrogen) atoms. The van der Waals surface area contributed by atoms with Gasteiger partial charge in [-0.05, 0) is 75.9 Å². The smallest absolute Gasteiger partial charge is 0.264 e. The minimum atomic E-state index is -4.16. The molecule has 0 bridgehead atoms. The van der Waals surface area contributed by atoms with Gasteiger partial charge in [-0.1, -0.05) is 102 Å². The van der Waals surface area contributed by atoms with Crippen LogP contribution in [0.5, 0.6) is 0 Å². The molecule has 7 nitrogen and oxygen atoms in total. The maximum atomic E-state index is 14.6. The Morgan fingerprint density at radius 2 is 1.35 bits per heavy atom. The molecule has 8 heteroatoms. The summed E-state index contributed by atoms with van der Waals surface area (Å²) in [5.41, 5.74) is 5.85. The first-order valence-electron chi connectivity index (χ1n) is 15.7. The van der Waals surface area contributed by atoms with Gasteiger partial charge >= 0.3 is 0 Å². The van der Waals surface area contributed by atoms with Crippen LogP contribution >= 0.6 is 0 Å². The quantitative estimate of drug-likeness (QED) is 0.177. The zero-order valence-electron chi connectivity index (χ0n) is 27.7. The van der Waals surface area contributed by atoms with Crippen LogP contribution in [0.4, 0.5) is 5.69 Å². The molecule has 0 unspecified atom stereocenters. The lowest BCUT2D eigenvalue weighted by molar-refractivity contribution is -0.140. The minimum Gasteiger partial charge on any atom is -0.352 e. The highest BCUT2D eigenvalue weighted by molar-refractivity contribution is 7.92. The summed E-state index contributed by atoms with van der Waals surface area (Å²) in [6.45, 7) is 11.2. The molecule has 2 amide bonds. The molecule has 0 saturated carbocycles. The fraction of sp³-hybridized carbons (Fsp3) is 0.316. The summed E-state index contributed by atoms with van der Waals surface area (Å²) in [5.74, 6) is -0.755. The van der Waals surface area contributed by atoms with E-state index >= 15 is 0 Å². The van der Waals surface area contributed by atoms with E-state index in [2.05, 4.69) is 5.32 Å². The van der Waals surface area contributed by atoms with Gasteiger partial charge in [0.25, 0.3) is 10.0 Å². The van der Waals surface area contributed by atoms with Gasteiger partial charge in [0.15, 0.2) is 0 Å². The maximum Gasteiger partial charge on any atom is 0.264 e. The molecule has 4 aromatic carbocycles. The highest BCUT2D eigenvalue weighted by Gasteiger charge is 2.35. The topological polar surface area (TPSA) is 86.8 Å². The van der Waals surface area contributed by atoms with Gasteiger partial charge in [0, 0.05) is 19.0 Å². The van der Waals surface area contributed by atoms with Crippen LogP contribution in [0.1, 0.15) is 53.6 Å². The summed E-state index contributed by atoms with van der Waals surface area (Å²) < 4.78 is 29.8. The third-order valence-corrected chi connectivity index (χ3v) is 10.0. The number of anilines is 1. The number of amides is 2. The number of carbonyl (C=O) groups is 2. The standard InChI is InChI=1S/C38H45N3O4S/c1-7-31(6)39-38(43)36(24-32-11-9-8-10-12-32)40(25-33-18-13-27(2)14-19-33)37(42)26-41(35-22-17-29(4)23-30(35)5)46(44,45)34-20-15-28(3)16-21-34/h8-23,31,36H,7,24-26H2,1-6H3,(H,39,43)/t31-,36+/m0/s1. The summed E-state index contributed by atoms with van der Waals surface area (Å²) >= 11 is 0. The van der Waals surface area contributed by atoms with Gasteiger partial charge in [-0.25, -0.2) is 8.42 Å². The predicted octanol–water partition coefficient (Wildman–Crippen LogP) is 6.67. The Kier molecular flexibility index (Phi) is 11.4. The Balaban J connectivity index is 1.83. The summed E-state index contributed by atoms with van der Waals surface area (Å²) in [6.07, 6.45) is 1.000. The third-order valence-electron chi connectivity index (χ3n) is 8.25. The van der Waals surface area contributed by atoms with Crippen molar-refractivity contribution in [2.45, 2.75) is 77.9 Å². The molecule has 0 saturated heterocycles. The normalized spacial score (nSPS) is 12.7. The number of hydrogen-bond donors (Lipinski definition) is 1. The number of hydrogen-bond acceptors (Lipinski definition) is 4. The van der Waals surface area contributed by atoms with Crippen LogP contribution in [0.25, 0.3) is 0 Å². The molecule has 0 aliphatic rings. The summed E-state index contributed by atoms with van der Waals surface area (Å²) in [6, 6.07) is 28.5. The minimum absolute atomic E-state index is 0.0892. The van der Waals surface area contributed by atoms with E-state index in [9.17, 15) is 18.0 Å². The lowest BCUT2D eigenvalue weighted by Crippen LogP contribution is -2.54. The van der Waals surface area contributed by atoms with E-state index in [0.717, 1.165) is 39.8 Å². The Hall–Kier alpha value is -4.43. The molecule has 0 aromatic heterocycles. The average molecular weight is 640 g/mol. The zero-order chi connectivity index (χ0) is 33.4. The Morgan fingerprint density at radius 1 is 0.761 bits per heavy atom. The number of aryl methyl sites for hydroxylation is 4. The molecule has 0 aliphatic heterocycles. The SMILES string of the molecule is CC[C@H](C)NC(=O)[C@@H](Cc1ccccc1)N(Cc1ccc(C)cc1)C(=O)CN(c1ccc(C)cc1C)S(=O)(=O)c1ccc(C)cc1. The Bertz CT molecular complexity index is 1740. The first kappa shape index (κ1) is 34.4. The van der Waals surface area contributed by atoms with Gasteiger partial charge in [0.2, 0.25) is 11.8 Å². The molecular weight excluding hydrogens is 595 g/mol. The lowest BCUT2D eigenvalue weighted by Gasteiger charge is -2.34. The van der Waals surface area contributed by atoms with E-state index < -0.39 is 28.5 Å². The second kappa shape index (κ2) is 15.2. The molecule has 0 spiro atoms. The van der Waals surface area contributed by atoms with Crippen LogP contribution in [0.2, 0.25) is 0 Å². The van der Waals surface area contributed by atoms with Crippen molar-refractivity contribution in [3.63, 3.8) is 0 Å². The summed E-state index contributed by atoms with van der Waals surface area (Å²) in [5, 5.41) is 3.08. The van der Waals surface area contributed by atoms with E-state index in [0.29, 0.717) is 5.69 Å². The van der Waals surface area contributed by atoms with E-state index in [1.165, 1.54) is 9.21 Å². The van der Waals surface area contributed by atoms with Crippen molar-refractivity contribution >= 4 is 27.5 Å². The Labute approximate surface area is 274 Å². The lowest BCUT2D eigenvalue weighted by atomic mass is 10.0. The first-order chi connectivity index (χ1) is 21.9. The monoisotopic (exact) mass is 639 g/mol. The number of benzene rings is 4. The predicted molar refractivity (Wildman–Crippen MR) is 185 cm³/mol. The molecular formula is C38H45N3O4S. The van der Waals surface area contributed by atoms with Crippen molar-refractivity contribution in [2.24, 2.45) is 0 Å². The zero-order valence-corrected chi connectivity index (χ0v) is 28.5. The summed E-state index contributed by atoms with van der Waals surface area (Å²) in [7, 11) is -4.16. The van der Waals surface area contributed by atoms with Gasteiger partial charge < -0.3 is 10.2 Å². The van der Waals surface area contributed by atoms with E-state index in [1.807, 2.05) is 108 Å². The van der Waals surface area contributed by atoms with Crippen LogP contribution in [-0.4, -0.2) is 43.8 Å². The van der Waals surface area contributed by atoms with Crippen molar-refractivity contribution in [3.05, 3.63) is 130 Å². The van der Waals surface area contributed by atoms with Gasteiger partial charge in [0.1, 0.15) is 12.6 Å². The first-order valence-corrected chi connectivity index (χ1v) is 17.2. The highest BCUT2D eigenvalue weighted by Crippen LogP contribution is 2.29. The van der Waals surface area contributed by atoms with Gasteiger partial charge in [-0.3, -0.25) is 13.9 Å². The molecule has 4 rings (SSSR count). The van der Waals surface area contributed by atoms with E-state index in [-0.39, 0.29) is 29.8 Å². The molecule has 0 heterocycles. The molecule has 1 N–H and O–H groups in total. The van der Waals surface area contributed by atoms with Crippen LogP contribution in [0.15, 0.2) is 102 Å². The van der Waals surface area contributed by atoms with Gasteiger partial charge in [-0.15, -0.1) is 0 Å². The van der Waals surface area contributed by atoms with Crippen molar-refractivity contribution in [1.82, 2.24) is 10.2 Å². The molecule has 4 aromatic rings. The van der Waals surface area contributed by atoms with Crippen molar-refractivity contribution in [1.29, 1.82) is 0 Å². The van der Waals surface area contributed by atoms with Gasteiger partial charge in [-0.2, -0.15) is 0 Å². The van der Waals surface area contributed by atoms with Crippen LogP contribution < -0.4 is 9.62 Å². The number of rotatable bonds is 13. The van der Waals surface area contributed by atoms with Crippen LogP contribution in [0.3, 0.4) is 0 Å². The fourth-order valence-electron chi connectivity index (χ4n) is 5.32. The molecule has 0 radical (unpaired) electrons. The number of sulfonamides is 1. The number of nitrogens with zero attached hydrogens (tertiary/aromatic N) is 2. The maximum absolute atomic E-state index is 14.6. The molecule has 0 aliphatic carbocycles. The van der Waals surface area contributed by atoms with E-state index in [1.54, 1.807) is 30.3 Å². The fourth-order valence-corrected chi connectivity index (χ4v) is 6.80. The third kappa shape index (κ3) is 8.63. The van der Waals surface area contributed by atoms with Crippen LogP contribution in [0, 0.1) is 27.7 Å². The second-order valence-corrected chi connectivity index (χ2v) is 14.0. The average Bonchev–Trinajstić information content (AvgIpc) is 3.03. The number of nitrogens with one attached hydrogen (secondary N) is 1. The van der Waals surface area contributed by atoms with E-state index in [4.69, 9.17) is 0 Å². The van der Waals surface area contributed by atoms with Crippen molar-refractivity contribution in [2.75, 3.05) is 10.8 Å². The van der Waals surface area contributed by atoms with Crippen molar-refractivity contribution < 1.29 is 18.0 Å². The van der Waals surface area contributed by atoms with Crippen LogP contribution in [-0.2, 0) is 32.6 Å². The number of carbonyl (C=O) groups excluding carboxylic acids is 2. The molecule has 242 valence electrons. The molecule has 0 fully saturated rings. The highest BCUT2D eigenvalue weighted by atomic mass is 32.2. The van der Waals surface area contributed by atoms with Crippen molar-refractivity contribution in [3.8, 4) is 0 Å². The molecule has 2 atom stereocenters. The summed E-state index contributed by atoms with van der Waals surface area (Å²) in [4.78, 5) is 30.2. The largest absolute Gasteiger partial charge is 0.352 e.